The highest BCUT2D eigenvalue weighted by molar-refractivity contribution is 7.11. The van der Waals surface area contributed by atoms with Crippen LogP contribution >= 0.6 is 11.3 Å². The zero-order chi connectivity index (χ0) is 11.5. The Labute approximate surface area is 102 Å². The van der Waals surface area contributed by atoms with Gasteiger partial charge in [0, 0.05) is 43.4 Å². The Balaban J connectivity index is 2.04. The molecule has 0 aliphatic carbocycles. The lowest BCUT2D eigenvalue weighted by Gasteiger charge is -2.29. The minimum absolute atomic E-state index is 0.649. The van der Waals surface area contributed by atoms with Crippen LogP contribution in [0.1, 0.15) is 29.4 Å². The molecule has 1 aliphatic rings. The van der Waals surface area contributed by atoms with Gasteiger partial charge in [0.05, 0.1) is 10.7 Å². The molecular weight excluding hydrogens is 218 g/mol. The van der Waals surface area contributed by atoms with Crippen molar-refractivity contribution in [3.05, 3.63) is 15.6 Å². The van der Waals surface area contributed by atoms with Crippen molar-refractivity contribution in [1.29, 1.82) is 0 Å². The molecule has 0 unspecified atom stereocenters. The molecule has 90 valence electrons. The van der Waals surface area contributed by atoms with Gasteiger partial charge in [0.25, 0.3) is 0 Å². The molecule has 0 radical (unpaired) electrons. The van der Waals surface area contributed by atoms with Gasteiger partial charge in [-0.1, -0.05) is 0 Å². The lowest BCUT2D eigenvalue weighted by atomic mass is 10.1. The number of hydrogen-bond donors (Lipinski definition) is 1. The Morgan fingerprint density at radius 3 is 3.00 bits per heavy atom. The summed E-state index contributed by atoms with van der Waals surface area (Å²) in [4.78, 5) is 8.76. The molecule has 1 aromatic heterocycles. The van der Waals surface area contributed by atoms with Gasteiger partial charge in [0.1, 0.15) is 0 Å². The van der Waals surface area contributed by atoms with Gasteiger partial charge in [-0.25, -0.2) is 4.98 Å². The molecule has 0 saturated carbocycles. The van der Waals surface area contributed by atoms with Gasteiger partial charge in [-0.2, -0.15) is 0 Å². The summed E-state index contributed by atoms with van der Waals surface area (Å²) < 4.78 is 0. The van der Waals surface area contributed by atoms with E-state index in [0.29, 0.717) is 6.04 Å². The van der Waals surface area contributed by atoms with Crippen LogP contribution in [0.5, 0.6) is 0 Å². The van der Waals surface area contributed by atoms with Gasteiger partial charge in [-0.15, -0.1) is 11.3 Å². The molecule has 1 aromatic rings. The third-order valence-corrected chi connectivity index (χ3v) is 4.27. The van der Waals surface area contributed by atoms with Crippen LogP contribution in [0.25, 0.3) is 0 Å². The number of fused-ring (bicyclic) bond motifs is 1. The molecule has 4 heteroatoms. The van der Waals surface area contributed by atoms with E-state index in [9.17, 15) is 0 Å². The molecule has 2 heterocycles. The van der Waals surface area contributed by atoms with Crippen molar-refractivity contribution in [2.24, 2.45) is 0 Å². The molecule has 0 fully saturated rings. The fourth-order valence-electron chi connectivity index (χ4n) is 2.05. The molecule has 0 bridgehead atoms. The second-order valence-electron chi connectivity index (χ2n) is 4.65. The molecule has 0 amide bonds. The van der Waals surface area contributed by atoms with Crippen molar-refractivity contribution in [2.45, 2.75) is 39.3 Å². The molecule has 1 N–H and O–H groups in total. The highest BCUT2D eigenvalue weighted by Crippen LogP contribution is 2.26. The van der Waals surface area contributed by atoms with E-state index in [1.807, 2.05) is 18.4 Å². The van der Waals surface area contributed by atoms with E-state index in [-0.39, 0.29) is 0 Å². The first-order chi connectivity index (χ1) is 7.70. The van der Waals surface area contributed by atoms with Crippen LogP contribution in [0.3, 0.4) is 0 Å². The molecule has 0 spiro atoms. The van der Waals surface area contributed by atoms with E-state index < -0.39 is 0 Å². The molecule has 0 saturated heterocycles. The minimum Gasteiger partial charge on any atom is -0.319 e. The van der Waals surface area contributed by atoms with Crippen molar-refractivity contribution in [1.82, 2.24) is 15.2 Å². The minimum atomic E-state index is 0.649. The number of hydrogen-bond acceptors (Lipinski definition) is 4. The highest BCUT2D eigenvalue weighted by atomic mass is 32.1. The SMILES string of the molecule is CNCCc1nc2c(s1)CN(C(C)C)CC2. The fraction of sp³-hybridized carbons (Fsp3) is 0.750. The van der Waals surface area contributed by atoms with Crippen molar-refractivity contribution < 1.29 is 0 Å². The average Bonchev–Trinajstić information content (AvgIpc) is 2.67. The fourth-order valence-corrected chi connectivity index (χ4v) is 3.19. The van der Waals surface area contributed by atoms with Crippen LogP contribution < -0.4 is 5.32 Å². The van der Waals surface area contributed by atoms with E-state index in [2.05, 4.69) is 24.1 Å². The predicted octanol–water partition coefficient (Wildman–Crippen LogP) is 1.67. The number of nitrogens with one attached hydrogen (secondary N) is 1. The van der Waals surface area contributed by atoms with Crippen LogP contribution in [-0.4, -0.2) is 36.1 Å². The number of likely N-dealkylation sites (N-methyl/N-ethyl adjacent to an activating group) is 1. The summed E-state index contributed by atoms with van der Waals surface area (Å²) in [5, 5.41) is 4.48. The van der Waals surface area contributed by atoms with Gasteiger partial charge in [-0.05, 0) is 20.9 Å². The normalized spacial score (nSPS) is 16.8. The van der Waals surface area contributed by atoms with E-state index in [4.69, 9.17) is 4.98 Å². The van der Waals surface area contributed by atoms with Crippen molar-refractivity contribution in [2.75, 3.05) is 20.1 Å². The van der Waals surface area contributed by atoms with Gasteiger partial charge in [0.2, 0.25) is 0 Å². The first-order valence-corrected chi connectivity index (χ1v) is 6.88. The first kappa shape index (κ1) is 12.0. The summed E-state index contributed by atoms with van der Waals surface area (Å²) in [5.41, 5.74) is 1.35. The second kappa shape index (κ2) is 5.25. The zero-order valence-electron chi connectivity index (χ0n) is 10.4. The maximum atomic E-state index is 4.73. The largest absolute Gasteiger partial charge is 0.319 e. The topological polar surface area (TPSA) is 28.2 Å². The van der Waals surface area contributed by atoms with Crippen LogP contribution in [0.15, 0.2) is 0 Å². The number of aromatic nitrogens is 1. The van der Waals surface area contributed by atoms with E-state index >= 15 is 0 Å². The standard InChI is InChI=1S/C12H21N3S/c1-9(2)15-7-5-10-11(8-15)16-12(14-10)4-6-13-3/h9,13H,4-8H2,1-3H3. The van der Waals surface area contributed by atoms with Crippen molar-refractivity contribution >= 4 is 11.3 Å². The second-order valence-corrected chi connectivity index (χ2v) is 5.81. The summed E-state index contributed by atoms with van der Waals surface area (Å²) in [6, 6.07) is 0.649. The van der Waals surface area contributed by atoms with Crippen LogP contribution in [-0.2, 0) is 19.4 Å². The first-order valence-electron chi connectivity index (χ1n) is 6.07. The zero-order valence-corrected chi connectivity index (χ0v) is 11.2. The van der Waals surface area contributed by atoms with Crippen molar-refractivity contribution in [3.8, 4) is 0 Å². The highest BCUT2D eigenvalue weighted by Gasteiger charge is 2.21. The Morgan fingerprint density at radius 2 is 2.31 bits per heavy atom. The lowest BCUT2D eigenvalue weighted by Crippen LogP contribution is -2.35. The van der Waals surface area contributed by atoms with Crippen LogP contribution in [0.4, 0.5) is 0 Å². The van der Waals surface area contributed by atoms with Crippen molar-refractivity contribution in [3.63, 3.8) is 0 Å². The molecule has 0 atom stereocenters. The molecule has 0 aromatic carbocycles. The Bertz CT molecular complexity index is 346. The smallest absolute Gasteiger partial charge is 0.0944 e. The predicted molar refractivity (Wildman–Crippen MR) is 69.0 cm³/mol. The average molecular weight is 239 g/mol. The molecule has 1 aliphatic heterocycles. The number of nitrogens with zero attached hydrogens (tertiary/aromatic N) is 2. The Hall–Kier alpha value is -0.450. The Kier molecular flexibility index (Phi) is 3.95. The van der Waals surface area contributed by atoms with Gasteiger partial charge >= 0.3 is 0 Å². The lowest BCUT2D eigenvalue weighted by molar-refractivity contribution is 0.205. The maximum Gasteiger partial charge on any atom is 0.0944 e. The molecule has 3 nitrogen and oxygen atoms in total. The summed E-state index contributed by atoms with van der Waals surface area (Å²) in [6.07, 6.45) is 2.19. The quantitative estimate of drug-likeness (QED) is 0.866. The third kappa shape index (κ3) is 2.62. The summed E-state index contributed by atoms with van der Waals surface area (Å²) in [6.45, 7) is 7.84. The van der Waals surface area contributed by atoms with E-state index in [1.165, 1.54) is 22.1 Å². The summed E-state index contributed by atoms with van der Waals surface area (Å²) >= 11 is 1.90. The monoisotopic (exact) mass is 239 g/mol. The maximum absolute atomic E-state index is 4.73. The third-order valence-electron chi connectivity index (χ3n) is 3.12. The number of rotatable bonds is 4. The van der Waals surface area contributed by atoms with Gasteiger partial charge in [0.15, 0.2) is 0 Å². The summed E-state index contributed by atoms with van der Waals surface area (Å²) in [5.74, 6) is 0. The molecule has 16 heavy (non-hydrogen) atoms. The van der Waals surface area contributed by atoms with Gasteiger partial charge < -0.3 is 5.32 Å². The Morgan fingerprint density at radius 1 is 1.50 bits per heavy atom. The van der Waals surface area contributed by atoms with Gasteiger partial charge in [-0.3, -0.25) is 4.90 Å². The van der Waals surface area contributed by atoms with E-state index in [0.717, 1.165) is 25.9 Å². The summed E-state index contributed by atoms with van der Waals surface area (Å²) in [7, 11) is 1.99. The molecule has 2 rings (SSSR count). The number of thiazole rings is 1. The molecular formula is C12H21N3S. The van der Waals surface area contributed by atoms with Crippen LogP contribution in [0, 0.1) is 0 Å². The van der Waals surface area contributed by atoms with Crippen LogP contribution in [0.2, 0.25) is 0 Å². The van der Waals surface area contributed by atoms with E-state index in [1.54, 1.807) is 0 Å².